The van der Waals surface area contributed by atoms with Crippen molar-refractivity contribution in [2.45, 2.75) is 26.8 Å². The van der Waals surface area contributed by atoms with Crippen molar-refractivity contribution in [2.24, 2.45) is 0 Å². The van der Waals surface area contributed by atoms with Gasteiger partial charge in [-0.2, -0.15) is 0 Å². The smallest absolute Gasteiger partial charge is 0.279 e. The average molecular weight is 389 g/mol. The molecule has 3 N–H and O–H groups in total. The van der Waals surface area contributed by atoms with E-state index in [0.717, 1.165) is 16.0 Å². The minimum Gasteiger partial charge on any atom is -0.345 e. The number of hydrogen-bond donors (Lipinski definition) is 3. The predicted octanol–water partition coefficient (Wildman–Crippen LogP) is 2.37. The predicted molar refractivity (Wildman–Crippen MR) is 109 cm³/mol. The van der Waals surface area contributed by atoms with Crippen LogP contribution in [0.2, 0.25) is 5.02 Å². The van der Waals surface area contributed by atoms with Crippen LogP contribution < -0.4 is 15.5 Å². The molecule has 2 aromatic rings. The van der Waals surface area contributed by atoms with Crippen LogP contribution in [0, 0.1) is 6.92 Å². The van der Waals surface area contributed by atoms with Crippen molar-refractivity contribution < 1.29 is 14.5 Å². The molecule has 27 heavy (non-hydrogen) atoms. The van der Waals surface area contributed by atoms with Gasteiger partial charge in [-0.05, 0) is 44.0 Å². The summed E-state index contributed by atoms with van der Waals surface area (Å²) in [4.78, 5) is 25.6. The molecule has 144 valence electrons. The second-order valence-electron chi connectivity index (χ2n) is 6.66. The van der Waals surface area contributed by atoms with Crippen LogP contribution in [0.3, 0.4) is 0 Å². The summed E-state index contributed by atoms with van der Waals surface area (Å²) >= 11 is 5.99. The third-order valence-electron chi connectivity index (χ3n) is 4.47. The number of carbonyl (C=O) groups is 2. The summed E-state index contributed by atoms with van der Waals surface area (Å²) in [7, 11) is 0. The van der Waals surface area contributed by atoms with E-state index >= 15 is 0 Å². The van der Waals surface area contributed by atoms with E-state index in [1.165, 1.54) is 0 Å². The molecule has 0 aliphatic rings. The Kier molecular flexibility index (Phi) is 7.82. The first-order valence-corrected chi connectivity index (χ1v) is 9.50. The molecule has 2 rings (SSSR count). The van der Waals surface area contributed by atoms with Gasteiger partial charge in [0, 0.05) is 10.7 Å². The number of anilines is 1. The highest BCUT2D eigenvalue weighted by atomic mass is 35.5. The van der Waals surface area contributed by atoms with E-state index < -0.39 is 0 Å². The fraction of sp³-hybridized carbons (Fsp3) is 0.333. The van der Waals surface area contributed by atoms with Crippen molar-refractivity contribution in [3.8, 4) is 0 Å². The van der Waals surface area contributed by atoms with Crippen molar-refractivity contribution in [2.75, 3.05) is 25.0 Å². The van der Waals surface area contributed by atoms with Crippen molar-refractivity contribution in [3.63, 3.8) is 0 Å². The van der Waals surface area contributed by atoms with Crippen molar-refractivity contribution >= 4 is 29.1 Å². The summed E-state index contributed by atoms with van der Waals surface area (Å²) in [5.74, 6) is -0.212. The molecule has 0 heterocycles. The molecule has 6 heteroatoms. The maximum Gasteiger partial charge on any atom is 0.279 e. The lowest BCUT2D eigenvalue weighted by Crippen LogP contribution is -3.14. The molecule has 2 amide bonds. The van der Waals surface area contributed by atoms with Crippen LogP contribution in [-0.2, 0) is 9.59 Å². The third kappa shape index (κ3) is 6.70. The van der Waals surface area contributed by atoms with Crippen LogP contribution in [0.15, 0.2) is 48.5 Å². The first kappa shape index (κ1) is 20.9. The Morgan fingerprint density at radius 1 is 1.07 bits per heavy atom. The van der Waals surface area contributed by atoms with Gasteiger partial charge in [-0.15, -0.1) is 0 Å². The number of likely N-dealkylation sites (N-methyl/N-ethyl adjacent to an activating group) is 1. The molecule has 0 aliphatic heterocycles. The summed E-state index contributed by atoms with van der Waals surface area (Å²) in [5, 5.41) is 6.45. The number of hydrogen-bond acceptors (Lipinski definition) is 2. The van der Waals surface area contributed by atoms with E-state index in [9.17, 15) is 9.59 Å². The molecule has 2 atom stereocenters. The number of nitrogens with one attached hydrogen (secondary N) is 3. The van der Waals surface area contributed by atoms with Gasteiger partial charge in [0.25, 0.3) is 11.8 Å². The van der Waals surface area contributed by atoms with Crippen molar-refractivity contribution in [3.05, 3.63) is 64.7 Å². The van der Waals surface area contributed by atoms with Crippen molar-refractivity contribution in [1.29, 1.82) is 0 Å². The summed E-state index contributed by atoms with van der Waals surface area (Å²) in [6, 6.07) is 15.1. The zero-order valence-corrected chi connectivity index (χ0v) is 16.8. The van der Waals surface area contributed by atoms with E-state index in [-0.39, 0.29) is 30.9 Å². The number of quaternary nitrogens is 1. The Bertz CT molecular complexity index is 780. The highest BCUT2D eigenvalue weighted by Gasteiger charge is 2.19. The topological polar surface area (TPSA) is 62.6 Å². The van der Waals surface area contributed by atoms with Crippen LogP contribution >= 0.6 is 11.6 Å². The first-order chi connectivity index (χ1) is 12.9. The Morgan fingerprint density at radius 2 is 1.74 bits per heavy atom. The molecule has 5 nitrogen and oxygen atoms in total. The van der Waals surface area contributed by atoms with Gasteiger partial charge in [0.2, 0.25) is 0 Å². The molecule has 0 spiro atoms. The quantitative estimate of drug-likeness (QED) is 0.650. The number of amides is 2. The number of carbonyl (C=O) groups excluding carboxylic acids is 2. The standard InChI is InChI=1S/C21H26ClN3O2/c1-4-25(13-20(26)23-16(3)17-8-6-5-7-9-17)14-21(27)24-19-12-18(22)11-10-15(19)2/h5-12,16H,4,13-14H2,1-3H3,(H,23,26)(H,24,27)/p+1/t16-/m0/s1. The number of rotatable bonds is 8. The van der Waals surface area contributed by atoms with Gasteiger partial charge in [-0.1, -0.05) is 48.0 Å². The SMILES string of the molecule is CC[NH+](CC(=O)Nc1cc(Cl)ccc1C)CC(=O)N[C@@H](C)c1ccccc1. The van der Waals surface area contributed by atoms with Crippen molar-refractivity contribution in [1.82, 2.24) is 5.32 Å². The van der Waals surface area contributed by atoms with E-state index in [1.807, 2.05) is 57.2 Å². The van der Waals surface area contributed by atoms with E-state index in [2.05, 4.69) is 10.6 Å². The molecule has 0 saturated carbocycles. The van der Waals surface area contributed by atoms with E-state index in [1.54, 1.807) is 12.1 Å². The maximum atomic E-state index is 12.4. The van der Waals surface area contributed by atoms with Crippen LogP contribution in [0.5, 0.6) is 0 Å². The van der Waals surface area contributed by atoms with Gasteiger partial charge in [0.1, 0.15) is 0 Å². The normalized spacial score (nSPS) is 12.9. The second kappa shape index (κ2) is 10.1. The monoisotopic (exact) mass is 388 g/mol. The Balaban J connectivity index is 1.87. The number of aryl methyl sites for hydroxylation is 1. The number of benzene rings is 2. The first-order valence-electron chi connectivity index (χ1n) is 9.13. The molecule has 1 unspecified atom stereocenters. The Labute approximate surface area is 165 Å². The fourth-order valence-electron chi connectivity index (χ4n) is 2.81. The Morgan fingerprint density at radius 3 is 2.41 bits per heavy atom. The zero-order valence-electron chi connectivity index (χ0n) is 16.0. The van der Waals surface area contributed by atoms with Gasteiger partial charge in [0.05, 0.1) is 12.6 Å². The third-order valence-corrected chi connectivity index (χ3v) is 4.71. The lowest BCUT2D eigenvalue weighted by molar-refractivity contribution is -0.881. The minimum atomic E-state index is -0.138. The summed E-state index contributed by atoms with van der Waals surface area (Å²) in [6.07, 6.45) is 0. The second-order valence-corrected chi connectivity index (χ2v) is 7.10. The van der Waals surface area contributed by atoms with Gasteiger partial charge in [-0.3, -0.25) is 9.59 Å². The fourth-order valence-corrected chi connectivity index (χ4v) is 2.98. The zero-order chi connectivity index (χ0) is 19.8. The van der Waals surface area contributed by atoms with E-state index in [0.29, 0.717) is 17.3 Å². The lowest BCUT2D eigenvalue weighted by atomic mass is 10.1. The van der Waals surface area contributed by atoms with Gasteiger partial charge >= 0.3 is 0 Å². The van der Waals surface area contributed by atoms with Gasteiger partial charge in [0.15, 0.2) is 13.1 Å². The summed E-state index contributed by atoms with van der Waals surface area (Å²) in [6.45, 7) is 6.96. The molecule has 0 saturated heterocycles. The van der Waals surface area contributed by atoms with E-state index in [4.69, 9.17) is 11.6 Å². The van der Waals surface area contributed by atoms with Crippen LogP contribution in [-0.4, -0.2) is 31.4 Å². The highest BCUT2D eigenvalue weighted by molar-refractivity contribution is 6.31. The number of halogens is 1. The molecule has 2 aromatic carbocycles. The molecule has 0 fully saturated rings. The average Bonchev–Trinajstić information content (AvgIpc) is 2.64. The van der Waals surface area contributed by atoms with Crippen LogP contribution in [0.1, 0.15) is 31.0 Å². The summed E-state index contributed by atoms with van der Waals surface area (Å²) < 4.78 is 0. The highest BCUT2D eigenvalue weighted by Crippen LogP contribution is 2.19. The molecular formula is C21H27ClN3O2+. The molecule has 0 bridgehead atoms. The minimum absolute atomic E-state index is 0.0697. The molecule has 0 aromatic heterocycles. The largest absolute Gasteiger partial charge is 0.345 e. The maximum absolute atomic E-state index is 12.4. The summed E-state index contributed by atoms with van der Waals surface area (Å²) in [5.41, 5.74) is 2.70. The molecule has 0 aliphatic carbocycles. The van der Waals surface area contributed by atoms with Gasteiger partial charge < -0.3 is 15.5 Å². The molecular weight excluding hydrogens is 362 g/mol. The van der Waals surface area contributed by atoms with Crippen LogP contribution in [0.25, 0.3) is 0 Å². The lowest BCUT2D eigenvalue weighted by Gasteiger charge is -2.19. The van der Waals surface area contributed by atoms with Gasteiger partial charge in [-0.25, -0.2) is 0 Å². The van der Waals surface area contributed by atoms with Crippen LogP contribution in [0.4, 0.5) is 5.69 Å². The Hall–Kier alpha value is -2.37. The molecule has 0 radical (unpaired) electrons.